The van der Waals surface area contributed by atoms with E-state index in [0.717, 1.165) is 45.4 Å². The van der Waals surface area contributed by atoms with Crippen LogP contribution in [0.25, 0.3) is 22.2 Å². The van der Waals surface area contributed by atoms with Gasteiger partial charge in [0.15, 0.2) is 0 Å². The van der Waals surface area contributed by atoms with Gasteiger partial charge in [0, 0.05) is 61.4 Å². The molecule has 1 aliphatic heterocycles. The monoisotopic (exact) mass is 548 g/mol. The number of benzene rings is 3. The van der Waals surface area contributed by atoms with Gasteiger partial charge in [0.2, 0.25) is 5.91 Å². The Kier molecular flexibility index (Phi) is 8.50. The molecule has 0 aliphatic carbocycles. The molecule has 2 amide bonds. The smallest absolute Gasteiger partial charge is 0.328 e. The molecule has 3 aromatic carbocycles. The normalized spacial score (nSPS) is 14.7. The number of aliphatic carboxylic acids is 1. The van der Waals surface area contributed by atoms with Crippen molar-refractivity contribution in [2.24, 2.45) is 0 Å². The number of carboxylic acid groups (broad SMARTS) is 1. The van der Waals surface area contributed by atoms with Gasteiger partial charge >= 0.3 is 5.97 Å². The number of nitrogens with zero attached hydrogens (tertiary/aromatic N) is 3. The number of para-hydroxylation sites is 1. The van der Waals surface area contributed by atoms with Crippen LogP contribution in [0.15, 0.2) is 97.1 Å². The van der Waals surface area contributed by atoms with Crippen molar-refractivity contribution < 1.29 is 19.5 Å². The first-order valence-electron chi connectivity index (χ1n) is 13.7. The molecule has 5 rings (SSSR count). The highest BCUT2D eigenvalue weighted by Gasteiger charge is 2.26. The van der Waals surface area contributed by atoms with Crippen LogP contribution in [0.3, 0.4) is 0 Å². The summed E-state index contributed by atoms with van der Waals surface area (Å²) in [6, 6.07) is 27.3. The Morgan fingerprint density at radius 1 is 0.878 bits per heavy atom. The zero-order chi connectivity index (χ0) is 28.8. The fourth-order valence-electron chi connectivity index (χ4n) is 5.19. The molecule has 0 bridgehead atoms. The fourth-order valence-corrected chi connectivity index (χ4v) is 5.19. The van der Waals surface area contributed by atoms with E-state index in [2.05, 4.69) is 10.2 Å². The quantitative estimate of drug-likeness (QED) is 0.310. The van der Waals surface area contributed by atoms with Crippen LogP contribution >= 0.6 is 0 Å². The second kappa shape index (κ2) is 12.6. The molecule has 1 saturated heterocycles. The summed E-state index contributed by atoms with van der Waals surface area (Å²) in [5, 5.41) is 12.8. The Labute approximate surface area is 238 Å². The summed E-state index contributed by atoms with van der Waals surface area (Å²) in [5.74, 6) is -1.64. The van der Waals surface area contributed by atoms with E-state index >= 15 is 0 Å². The summed E-state index contributed by atoms with van der Waals surface area (Å²) in [5.41, 5.74) is 4.86. The molecule has 1 aromatic heterocycles. The number of carbonyl (C=O) groups excluding carboxylic acids is 2. The molecular formula is C33H32N4O4. The average Bonchev–Trinajstić information content (AvgIpc) is 3.00. The second-order valence-electron chi connectivity index (χ2n) is 10.1. The van der Waals surface area contributed by atoms with E-state index in [-0.39, 0.29) is 17.9 Å². The lowest BCUT2D eigenvalue weighted by Gasteiger charge is -2.35. The molecule has 2 heterocycles. The van der Waals surface area contributed by atoms with E-state index in [0.29, 0.717) is 38.3 Å². The van der Waals surface area contributed by atoms with Crippen LogP contribution < -0.4 is 5.32 Å². The van der Waals surface area contributed by atoms with Crippen molar-refractivity contribution in [1.82, 2.24) is 20.1 Å². The average molecular weight is 549 g/mol. The van der Waals surface area contributed by atoms with E-state index in [1.54, 1.807) is 4.90 Å². The summed E-state index contributed by atoms with van der Waals surface area (Å²) in [6.07, 6.45) is 1.96. The van der Waals surface area contributed by atoms with Gasteiger partial charge in [0.05, 0.1) is 22.8 Å². The maximum Gasteiger partial charge on any atom is 0.328 e. The van der Waals surface area contributed by atoms with Crippen LogP contribution in [-0.2, 0) is 16.1 Å². The Hall–Kier alpha value is -4.82. The molecule has 8 nitrogen and oxygen atoms in total. The first kappa shape index (κ1) is 27.7. The third-order valence-corrected chi connectivity index (χ3v) is 7.35. The predicted molar refractivity (Wildman–Crippen MR) is 158 cm³/mol. The lowest BCUT2D eigenvalue weighted by Crippen LogP contribution is -2.48. The topological polar surface area (TPSA) is 103 Å². The predicted octanol–water partition coefficient (Wildman–Crippen LogP) is 4.68. The molecule has 8 heteroatoms. The Balaban J connectivity index is 1.51. The number of fused-ring (bicyclic) bond motifs is 1. The van der Waals surface area contributed by atoms with Crippen LogP contribution in [0.4, 0.5) is 0 Å². The van der Waals surface area contributed by atoms with Crippen LogP contribution in [0.2, 0.25) is 0 Å². The molecule has 4 aromatic rings. The minimum Gasteiger partial charge on any atom is -0.478 e. The number of nitrogens with one attached hydrogen (secondary N) is 1. The van der Waals surface area contributed by atoms with Crippen LogP contribution in [-0.4, -0.2) is 63.9 Å². The number of carboxylic acids is 1. The van der Waals surface area contributed by atoms with Crippen molar-refractivity contribution >= 4 is 28.7 Å². The molecule has 41 heavy (non-hydrogen) atoms. The van der Waals surface area contributed by atoms with E-state index in [1.165, 1.54) is 0 Å². The van der Waals surface area contributed by atoms with Crippen molar-refractivity contribution in [3.8, 4) is 11.3 Å². The highest BCUT2D eigenvalue weighted by Crippen LogP contribution is 2.32. The van der Waals surface area contributed by atoms with Crippen molar-refractivity contribution in [2.75, 3.05) is 26.2 Å². The van der Waals surface area contributed by atoms with E-state index < -0.39 is 5.97 Å². The summed E-state index contributed by atoms with van der Waals surface area (Å²) in [6.45, 7) is 4.51. The fraction of sp³-hybridized carbons (Fsp3) is 0.212. The van der Waals surface area contributed by atoms with Gasteiger partial charge in [-0.05, 0) is 18.6 Å². The van der Waals surface area contributed by atoms with Gasteiger partial charge in [0.25, 0.3) is 5.91 Å². The van der Waals surface area contributed by atoms with Gasteiger partial charge in [0.1, 0.15) is 0 Å². The Morgan fingerprint density at radius 3 is 2.20 bits per heavy atom. The molecule has 1 unspecified atom stereocenters. The second-order valence-corrected chi connectivity index (χ2v) is 10.1. The SMILES string of the molecule is CC(NC(=O)c1c(CN2CCN(C(=O)/C=C/C(=O)O)CC2)c(-c2ccccc2)nc2ccccc12)c1ccccc1. The minimum absolute atomic E-state index is 0.167. The lowest BCUT2D eigenvalue weighted by molar-refractivity contribution is -0.132. The molecule has 1 fully saturated rings. The molecule has 0 spiro atoms. The van der Waals surface area contributed by atoms with E-state index in [4.69, 9.17) is 10.1 Å². The van der Waals surface area contributed by atoms with Gasteiger partial charge in [-0.1, -0.05) is 78.9 Å². The Bertz CT molecular complexity index is 1580. The molecular weight excluding hydrogens is 516 g/mol. The van der Waals surface area contributed by atoms with E-state index in [9.17, 15) is 14.4 Å². The third kappa shape index (κ3) is 6.50. The van der Waals surface area contributed by atoms with Gasteiger partial charge in [-0.25, -0.2) is 9.78 Å². The van der Waals surface area contributed by atoms with Gasteiger partial charge in [-0.3, -0.25) is 14.5 Å². The zero-order valence-electron chi connectivity index (χ0n) is 22.9. The van der Waals surface area contributed by atoms with Gasteiger partial charge < -0.3 is 15.3 Å². The van der Waals surface area contributed by atoms with E-state index in [1.807, 2.05) is 91.9 Å². The number of pyridine rings is 1. The van der Waals surface area contributed by atoms with Gasteiger partial charge in [-0.2, -0.15) is 0 Å². The number of rotatable bonds is 8. The largest absolute Gasteiger partial charge is 0.478 e. The van der Waals surface area contributed by atoms with Crippen LogP contribution in [0.1, 0.15) is 34.5 Å². The lowest BCUT2D eigenvalue weighted by atomic mass is 9.95. The molecule has 1 atom stereocenters. The molecule has 2 N–H and O–H groups in total. The first-order valence-corrected chi connectivity index (χ1v) is 13.7. The highest BCUT2D eigenvalue weighted by molar-refractivity contribution is 6.09. The number of carbonyl (C=O) groups is 3. The first-order chi connectivity index (χ1) is 19.9. The summed E-state index contributed by atoms with van der Waals surface area (Å²) in [7, 11) is 0. The van der Waals surface area contributed by atoms with Crippen LogP contribution in [0, 0.1) is 0 Å². The van der Waals surface area contributed by atoms with Crippen molar-refractivity contribution in [3.63, 3.8) is 0 Å². The summed E-state index contributed by atoms with van der Waals surface area (Å²) >= 11 is 0. The summed E-state index contributed by atoms with van der Waals surface area (Å²) in [4.78, 5) is 46.2. The number of hydrogen-bond acceptors (Lipinski definition) is 5. The third-order valence-electron chi connectivity index (χ3n) is 7.35. The molecule has 208 valence electrons. The van der Waals surface area contributed by atoms with Crippen molar-refractivity contribution in [2.45, 2.75) is 19.5 Å². The summed E-state index contributed by atoms with van der Waals surface area (Å²) < 4.78 is 0. The van der Waals surface area contributed by atoms with Crippen molar-refractivity contribution in [1.29, 1.82) is 0 Å². The van der Waals surface area contributed by atoms with Crippen LogP contribution in [0.5, 0.6) is 0 Å². The molecule has 1 aliphatic rings. The maximum absolute atomic E-state index is 14.1. The minimum atomic E-state index is -1.15. The maximum atomic E-state index is 14.1. The van der Waals surface area contributed by atoms with Crippen molar-refractivity contribution in [3.05, 3.63) is 114 Å². The number of amides is 2. The van der Waals surface area contributed by atoms with Gasteiger partial charge in [-0.15, -0.1) is 0 Å². The number of piperazine rings is 1. The standard InChI is InChI=1S/C33H32N4O4/c1-23(24-10-4-2-5-11-24)34-33(41)31-26-14-8-9-15-28(26)35-32(25-12-6-3-7-13-25)27(31)22-36-18-20-37(21-19-36)29(38)16-17-30(39)40/h2-17,23H,18-22H2,1H3,(H,34,41)(H,39,40)/b17-16+. The molecule has 0 radical (unpaired) electrons. The number of aromatic nitrogens is 1. The molecule has 0 saturated carbocycles. The number of hydrogen-bond donors (Lipinski definition) is 2. The Morgan fingerprint density at radius 2 is 1.51 bits per heavy atom. The zero-order valence-corrected chi connectivity index (χ0v) is 22.9. The highest BCUT2D eigenvalue weighted by atomic mass is 16.4.